The number of nitriles is 1. The van der Waals surface area contributed by atoms with Crippen LogP contribution < -0.4 is 10.1 Å². The third-order valence-electron chi connectivity index (χ3n) is 4.30. The van der Waals surface area contributed by atoms with E-state index in [1.807, 2.05) is 31.1 Å². The number of aromatic nitrogens is 2. The number of ether oxygens (including phenoxy) is 1. The minimum Gasteiger partial charge on any atom is -0.476 e. The van der Waals surface area contributed by atoms with Gasteiger partial charge in [-0.1, -0.05) is 0 Å². The van der Waals surface area contributed by atoms with Crippen LogP contribution in [0.25, 0.3) is 10.9 Å². The zero-order chi connectivity index (χ0) is 20.1. The van der Waals surface area contributed by atoms with Crippen LogP contribution in [0, 0.1) is 24.1 Å². The van der Waals surface area contributed by atoms with Crippen LogP contribution in [0.3, 0.4) is 0 Å². The molecule has 0 aliphatic rings. The van der Waals surface area contributed by atoms with Crippen LogP contribution in [-0.4, -0.2) is 42.1 Å². The van der Waals surface area contributed by atoms with Gasteiger partial charge in [0.2, 0.25) is 5.88 Å². The quantitative estimate of drug-likeness (QED) is 0.677. The van der Waals surface area contributed by atoms with Gasteiger partial charge in [0.25, 0.3) is 0 Å². The molecule has 3 rings (SSSR count). The summed E-state index contributed by atoms with van der Waals surface area (Å²) < 4.78 is 19.6. The van der Waals surface area contributed by atoms with Crippen molar-refractivity contribution in [1.29, 1.82) is 5.26 Å². The average molecular weight is 379 g/mol. The summed E-state index contributed by atoms with van der Waals surface area (Å²) in [5, 5.41) is 13.3. The molecule has 0 aliphatic heterocycles. The van der Waals surface area contributed by atoms with Crippen molar-refractivity contribution in [2.24, 2.45) is 0 Å². The number of aryl methyl sites for hydroxylation is 1. The predicted octanol–water partition coefficient (Wildman–Crippen LogP) is 3.50. The highest BCUT2D eigenvalue weighted by atomic mass is 19.1. The number of fused-ring (bicyclic) bond motifs is 1. The number of anilines is 1. The molecule has 0 amide bonds. The fraction of sp³-hybridized carbons (Fsp3) is 0.286. The Hall–Kier alpha value is -3.24. The summed E-state index contributed by atoms with van der Waals surface area (Å²) in [6.45, 7) is 3.58. The van der Waals surface area contributed by atoms with E-state index in [1.165, 1.54) is 18.3 Å². The molecule has 1 N–H and O–H groups in total. The fourth-order valence-electron chi connectivity index (χ4n) is 2.87. The zero-order valence-corrected chi connectivity index (χ0v) is 16.2. The third kappa shape index (κ3) is 4.53. The zero-order valence-electron chi connectivity index (χ0n) is 16.2. The van der Waals surface area contributed by atoms with Gasteiger partial charge in [0.1, 0.15) is 18.5 Å². The van der Waals surface area contributed by atoms with E-state index in [2.05, 4.69) is 21.4 Å². The van der Waals surface area contributed by atoms with E-state index in [1.54, 1.807) is 13.1 Å². The van der Waals surface area contributed by atoms with Gasteiger partial charge in [-0.25, -0.2) is 9.37 Å². The van der Waals surface area contributed by atoms with Gasteiger partial charge in [-0.2, -0.15) is 5.26 Å². The standard InChI is InChI=1S/C21H22FN5O/c1-14-8-17(22)10-18-20(14)26-13-16(11-23)21(18)25-12-15-4-5-24-19(9-15)28-7-6-27(2)3/h4-5,8-10,13H,6-7,12H2,1-3H3,(H,25,26). The summed E-state index contributed by atoms with van der Waals surface area (Å²) in [7, 11) is 3.96. The molecule has 1 aromatic carbocycles. The second-order valence-corrected chi connectivity index (χ2v) is 6.79. The number of hydrogen-bond donors (Lipinski definition) is 1. The summed E-state index contributed by atoms with van der Waals surface area (Å²) in [6, 6.07) is 8.68. The van der Waals surface area contributed by atoms with E-state index >= 15 is 0 Å². The second kappa shape index (κ2) is 8.63. The Labute approximate surface area is 163 Å². The lowest BCUT2D eigenvalue weighted by atomic mass is 10.1. The molecule has 2 heterocycles. The van der Waals surface area contributed by atoms with Crippen LogP contribution in [0.1, 0.15) is 16.7 Å². The van der Waals surface area contributed by atoms with Gasteiger partial charge in [0, 0.05) is 36.9 Å². The maximum absolute atomic E-state index is 13.9. The van der Waals surface area contributed by atoms with Gasteiger partial charge >= 0.3 is 0 Å². The molecule has 0 saturated carbocycles. The molecule has 28 heavy (non-hydrogen) atoms. The van der Waals surface area contributed by atoms with Crippen molar-refractivity contribution in [1.82, 2.24) is 14.9 Å². The molecular weight excluding hydrogens is 357 g/mol. The van der Waals surface area contributed by atoms with Gasteiger partial charge in [0.05, 0.1) is 16.8 Å². The second-order valence-electron chi connectivity index (χ2n) is 6.79. The lowest BCUT2D eigenvalue weighted by Crippen LogP contribution is -2.19. The SMILES string of the molecule is Cc1cc(F)cc2c(NCc3ccnc(OCCN(C)C)c3)c(C#N)cnc12. The lowest BCUT2D eigenvalue weighted by molar-refractivity contribution is 0.253. The van der Waals surface area contributed by atoms with E-state index in [-0.39, 0.29) is 5.82 Å². The Kier molecular flexibility index (Phi) is 6.02. The molecule has 3 aromatic rings. The van der Waals surface area contributed by atoms with Crippen molar-refractivity contribution < 1.29 is 9.13 Å². The number of likely N-dealkylation sites (N-methyl/N-ethyl adjacent to an activating group) is 1. The highest BCUT2D eigenvalue weighted by Crippen LogP contribution is 2.29. The number of halogens is 1. The molecule has 0 bridgehead atoms. The van der Waals surface area contributed by atoms with E-state index < -0.39 is 0 Å². The topological polar surface area (TPSA) is 74.1 Å². The minimum atomic E-state index is -0.356. The van der Waals surface area contributed by atoms with E-state index in [9.17, 15) is 9.65 Å². The summed E-state index contributed by atoms with van der Waals surface area (Å²) in [5.74, 6) is 0.188. The summed E-state index contributed by atoms with van der Waals surface area (Å²) in [4.78, 5) is 10.6. The lowest BCUT2D eigenvalue weighted by Gasteiger charge is -2.14. The fourth-order valence-corrected chi connectivity index (χ4v) is 2.87. The van der Waals surface area contributed by atoms with Gasteiger partial charge in [-0.15, -0.1) is 0 Å². The molecule has 0 unspecified atom stereocenters. The number of benzene rings is 1. The van der Waals surface area contributed by atoms with Crippen molar-refractivity contribution in [3.8, 4) is 11.9 Å². The molecule has 0 fully saturated rings. The van der Waals surface area contributed by atoms with Gasteiger partial charge in [-0.3, -0.25) is 4.98 Å². The van der Waals surface area contributed by atoms with Crippen molar-refractivity contribution in [2.45, 2.75) is 13.5 Å². The highest BCUT2D eigenvalue weighted by molar-refractivity contribution is 5.95. The molecule has 0 radical (unpaired) electrons. The smallest absolute Gasteiger partial charge is 0.213 e. The van der Waals surface area contributed by atoms with E-state index in [4.69, 9.17) is 4.74 Å². The van der Waals surface area contributed by atoms with Crippen LogP contribution in [0.2, 0.25) is 0 Å². The van der Waals surface area contributed by atoms with Gasteiger partial charge in [-0.05, 0) is 50.3 Å². The number of rotatable bonds is 7. The Balaban J connectivity index is 1.83. The van der Waals surface area contributed by atoms with Gasteiger partial charge in [0.15, 0.2) is 0 Å². The predicted molar refractivity (Wildman–Crippen MR) is 107 cm³/mol. The van der Waals surface area contributed by atoms with Crippen LogP contribution in [0.4, 0.5) is 10.1 Å². The first kappa shape index (κ1) is 19.5. The van der Waals surface area contributed by atoms with Crippen molar-refractivity contribution in [2.75, 3.05) is 32.6 Å². The largest absolute Gasteiger partial charge is 0.476 e. The molecule has 0 aliphatic carbocycles. The first-order valence-corrected chi connectivity index (χ1v) is 8.93. The number of nitrogens with zero attached hydrogens (tertiary/aromatic N) is 4. The molecule has 7 heteroatoms. The first-order chi connectivity index (χ1) is 13.5. The molecule has 0 atom stereocenters. The molecule has 6 nitrogen and oxygen atoms in total. The monoisotopic (exact) mass is 379 g/mol. The number of hydrogen-bond acceptors (Lipinski definition) is 6. The summed E-state index contributed by atoms with van der Waals surface area (Å²) in [6.07, 6.45) is 3.19. The molecular formula is C21H22FN5O. The summed E-state index contributed by atoms with van der Waals surface area (Å²) in [5.41, 5.74) is 3.28. The Morgan fingerprint density at radius 2 is 2.07 bits per heavy atom. The van der Waals surface area contributed by atoms with Crippen molar-refractivity contribution in [3.63, 3.8) is 0 Å². The van der Waals surface area contributed by atoms with Crippen molar-refractivity contribution >= 4 is 16.6 Å². The maximum Gasteiger partial charge on any atom is 0.213 e. The van der Waals surface area contributed by atoms with Crippen LogP contribution in [0.5, 0.6) is 5.88 Å². The van der Waals surface area contributed by atoms with Crippen LogP contribution in [0.15, 0.2) is 36.7 Å². The van der Waals surface area contributed by atoms with E-state index in [0.29, 0.717) is 41.2 Å². The Morgan fingerprint density at radius 1 is 1.25 bits per heavy atom. The van der Waals surface area contributed by atoms with Crippen LogP contribution >= 0.6 is 0 Å². The van der Waals surface area contributed by atoms with Gasteiger partial charge < -0.3 is 15.0 Å². The Morgan fingerprint density at radius 3 is 2.82 bits per heavy atom. The van der Waals surface area contributed by atoms with Crippen molar-refractivity contribution in [3.05, 3.63) is 59.2 Å². The molecule has 144 valence electrons. The maximum atomic E-state index is 13.9. The molecule has 2 aromatic heterocycles. The molecule has 0 spiro atoms. The molecule has 0 saturated heterocycles. The Bertz CT molecular complexity index is 1030. The number of nitrogens with one attached hydrogen (secondary N) is 1. The normalized spacial score (nSPS) is 10.9. The number of pyridine rings is 2. The summed E-state index contributed by atoms with van der Waals surface area (Å²) >= 11 is 0. The minimum absolute atomic E-state index is 0.356. The first-order valence-electron chi connectivity index (χ1n) is 8.93. The van der Waals surface area contributed by atoms with E-state index in [0.717, 1.165) is 17.7 Å². The van der Waals surface area contributed by atoms with Crippen LogP contribution in [-0.2, 0) is 6.54 Å². The third-order valence-corrected chi connectivity index (χ3v) is 4.30. The average Bonchev–Trinajstić information content (AvgIpc) is 2.66. The highest BCUT2D eigenvalue weighted by Gasteiger charge is 2.12.